The summed E-state index contributed by atoms with van der Waals surface area (Å²) in [5, 5.41) is 5.79. The third-order valence-corrected chi connectivity index (χ3v) is 2.60. The zero-order chi connectivity index (χ0) is 15.3. The maximum absolute atomic E-state index is 13.5. The van der Waals surface area contributed by atoms with E-state index in [4.69, 9.17) is 0 Å². The fourth-order valence-corrected chi connectivity index (χ4v) is 1.61. The Morgan fingerprint density at radius 2 is 2.15 bits per heavy atom. The van der Waals surface area contributed by atoms with E-state index >= 15 is 0 Å². The molecule has 1 aromatic rings. The van der Waals surface area contributed by atoms with Crippen LogP contribution in [-0.4, -0.2) is 16.5 Å². The Kier molecular flexibility index (Phi) is 5.19. The average Bonchev–Trinajstić information content (AvgIpc) is 2.34. The molecule has 1 rings (SSSR count). The highest BCUT2D eigenvalue weighted by Gasteiger charge is 2.29. The van der Waals surface area contributed by atoms with Crippen molar-refractivity contribution >= 4 is 11.8 Å². The molecule has 0 saturated carbocycles. The standard InChI is InChI=1S/C14H20F2N4/c1-6-11(9(3)4)19-13-18-8-10(14(5,15)16)12(20-13)17-7-2/h6,8H,3,7H2,1-2,4-5H3,(H2,17,18,19,20)/b11-6+. The molecule has 0 fully saturated rings. The van der Waals surface area contributed by atoms with E-state index in [9.17, 15) is 8.78 Å². The van der Waals surface area contributed by atoms with E-state index in [-0.39, 0.29) is 17.3 Å². The van der Waals surface area contributed by atoms with E-state index in [2.05, 4.69) is 27.2 Å². The number of hydrogen-bond donors (Lipinski definition) is 2. The Morgan fingerprint density at radius 1 is 1.50 bits per heavy atom. The predicted molar refractivity (Wildman–Crippen MR) is 78.0 cm³/mol. The Bertz CT molecular complexity index is 518. The van der Waals surface area contributed by atoms with Gasteiger partial charge in [-0.3, -0.25) is 0 Å². The fourth-order valence-electron chi connectivity index (χ4n) is 1.61. The van der Waals surface area contributed by atoms with Crippen molar-refractivity contribution in [2.24, 2.45) is 0 Å². The summed E-state index contributed by atoms with van der Waals surface area (Å²) in [4.78, 5) is 8.04. The number of anilines is 2. The average molecular weight is 282 g/mol. The minimum absolute atomic E-state index is 0.134. The van der Waals surface area contributed by atoms with Gasteiger partial charge in [0.25, 0.3) is 5.92 Å². The van der Waals surface area contributed by atoms with Crippen LogP contribution in [0.5, 0.6) is 0 Å². The van der Waals surface area contributed by atoms with Crippen molar-refractivity contribution in [3.05, 3.63) is 35.7 Å². The van der Waals surface area contributed by atoms with Gasteiger partial charge >= 0.3 is 0 Å². The van der Waals surface area contributed by atoms with Crippen molar-refractivity contribution in [1.82, 2.24) is 9.97 Å². The monoisotopic (exact) mass is 282 g/mol. The number of hydrogen-bond acceptors (Lipinski definition) is 4. The van der Waals surface area contributed by atoms with Gasteiger partial charge in [-0.25, -0.2) is 13.8 Å². The van der Waals surface area contributed by atoms with Crippen molar-refractivity contribution < 1.29 is 8.78 Å². The topological polar surface area (TPSA) is 49.8 Å². The van der Waals surface area contributed by atoms with Gasteiger partial charge < -0.3 is 10.6 Å². The lowest BCUT2D eigenvalue weighted by Crippen LogP contribution is -2.16. The molecule has 110 valence electrons. The Hall–Kier alpha value is -1.98. The van der Waals surface area contributed by atoms with E-state index in [1.54, 1.807) is 0 Å². The molecule has 0 atom stereocenters. The summed E-state index contributed by atoms with van der Waals surface area (Å²) in [6, 6.07) is 0. The van der Waals surface area contributed by atoms with E-state index in [0.717, 1.165) is 24.4 Å². The first-order chi connectivity index (χ1) is 9.29. The van der Waals surface area contributed by atoms with Gasteiger partial charge in [0.1, 0.15) is 5.82 Å². The Balaban J connectivity index is 3.14. The molecule has 0 aliphatic heterocycles. The van der Waals surface area contributed by atoms with Crippen LogP contribution in [0, 0.1) is 0 Å². The van der Waals surface area contributed by atoms with Crippen LogP contribution in [0.4, 0.5) is 20.5 Å². The number of nitrogens with one attached hydrogen (secondary N) is 2. The molecule has 0 aliphatic rings. The van der Waals surface area contributed by atoms with Crippen LogP contribution in [0.15, 0.2) is 30.1 Å². The van der Waals surface area contributed by atoms with Gasteiger partial charge in [0.15, 0.2) is 0 Å². The Morgan fingerprint density at radius 3 is 2.60 bits per heavy atom. The van der Waals surface area contributed by atoms with Crippen molar-refractivity contribution in [3.63, 3.8) is 0 Å². The number of rotatable bonds is 6. The van der Waals surface area contributed by atoms with Crippen LogP contribution < -0.4 is 10.6 Å². The molecular weight excluding hydrogens is 262 g/mol. The molecule has 2 N–H and O–H groups in total. The molecule has 4 nitrogen and oxygen atoms in total. The lowest BCUT2D eigenvalue weighted by atomic mass is 10.2. The van der Waals surface area contributed by atoms with Crippen molar-refractivity contribution in [2.75, 3.05) is 17.2 Å². The second-order valence-corrected chi connectivity index (χ2v) is 4.48. The summed E-state index contributed by atoms with van der Waals surface area (Å²) in [5.74, 6) is -2.60. The maximum atomic E-state index is 13.5. The first kappa shape index (κ1) is 16.1. The van der Waals surface area contributed by atoms with E-state index in [1.165, 1.54) is 0 Å². The van der Waals surface area contributed by atoms with Gasteiger partial charge in [-0.15, -0.1) is 0 Å². The lowest BCUT2D eigenvalue weighted by molar-refractivity contribution is 0.0176. The second-order valence-electron chi connectivity index (χ2n) is 4.48. The third-order valence-electron chi connectivity index (χ3n) is 2.60. The summed E-state index contributed by atoms with van der Waals surface area (Å²) in [7, 11) is 0. The molecule has 1 heterocycles. The molecular formula is C14H20F2N4. The van der Waals surface area contributed by atoms with Crippen LogP contribution in [0.2, 0.25) is 0 Å². The highest BCUT2D eigenvalue weighted by Crippen LogP contribution is 2.32. The van der Waals surface area contributed by atoms with Gasteiger partial charge in [0, 0.05) is 25.4 Å². The van der Waals surface area contributed by atoms with Gasteiger partial charge in [-0.2, -0.15) is 4.98 Å². The Labute approximate surface area is 118 Å². The van der Waals surface area contributed by atoms with Crippen molar-refractivity contribution in [2.45, 2.75) is 33.6 Å². The zero-order valence-electron chi connectivity index (χ0n) is 12.2. The summed E-state index contributed by atoms with van der Waals surface area (Å²) in [6.45, 7) is 10.6. The van der Waals surface area contributed by atoms with Crippen LogP contribution in [0.25, 0.3) is 0 Å². The number of alkyl halides is 2. The zero-order valence-corrected chi connectivity index (χ0v) is 12.2. The first-order valence-corrected chi connectivity index (χ1v) is 6.38. The minimum Gasteiger partial charge on any atom is -0.370 e. The molecule has 0 amide bonds. The molecule has 20 heavy (non-hydrogen) atoms. The largest absolute Gasteiger partial charge is 0.370 e. The minimum atomic E-state index is -2.99. The predicted octanol–water partition coefficient (Wildman–Crippen LogP) is 3.91. The van der Waals surface area contributed by atoms with E-state index in [0.29, 0.717) is 6.54 Å². The van der Waals surface area contributed by atoms with Gasteiger partial charge in [0.2, 0.25) is 5.95 Å². The quantitative estimate of drug-likeness (QED) is 0.777. The van der Waals surface area contributed by atoms with Gasteiger partial charge in [-0.1, -0.05) is 12.7 Å². The van der Waals surface area contributed by atoms with Gasteiger partial charge in [0.05, 0.1) is 5.56 Å². The summed E-state index contributed by atoms with van der Waals surface area (Å²) in [5.41, 5.74) is 1.34. The normalized spacial score (nSPS) is 12.2. The molecule has 0 aromatic carbocycles. The number of nitrogens with zero attached hydrogens (tertiary/aromatic N) is 2. The third kappa shape index (κ3) is 4.01. The molecule has 0 radical (unpaired) electrons. The van der Waals surface area contributed by atoms with E-state index < -0.39 is 5.92 Å². The van der Waals surface area contributed by atoms with E-state index in [1.807, 2.05) is 26.8 Å². The fraction of sp³-hybridized carbons (Fsp3) is 0.429. The molecule has 0 spiro atoms. The van der Waals surface area contributed by atoms with Crippen LogP contribution in [0.1, 0.15) is 33.3 Å². The number of aromatic nitrogens is 2. The molecule has 1 aromatic heterocycles. The molecule has 0 saturated heterocycles. The smallest absolute Gasteiger partial charge is 0.275 e. The molecule has 6 heteroatoms. The maximum Gasteiger partial charge on any atom is 0.275 e. The van der Waals surface area contributed by atoms with Crippen LogP contribution in [-0.2, 0) is 5.92 Å². The van der Waals surface area contributed by atoms with Gasteiger partial charge in [-0.05, 0) is 26.3 Å². The summed E-state index contributed by atoms with van der Waals surface area (Å²) >= 11 is 0. The molecule has 0 unspecified atom stereocenters. The van der Waals surface area contributed by atoms with Crippen molar-refractivity contribution in [1.29, 1.82) is 0 Å². The van der Waals surface area contributed by atoms with Crippen LogP contribution in [0.3, 0.4) is 0 Å². The highest BCUT2D eigenvalue weighted by atomic mass is 19.3. The summed E-state index contributed by atoms with van der Waals surface area (Å²) in [6.07, 6.45) is 2.96. The first-order valence-electron chi connectivity index (χ1n) is 6.38. The SMILES string of the molecule is C=C(C)/C(=C\C)Nc1ncc(C(C)(F)F)c(NCC)n1. The van der Waals surface area contributed by atoms with Crippen molar-refractivity contribution in [3.8, 4) is 0 Å². The lowest BCUT2D eigenvalue weighted by Gasteiger charge is -2.17. The number of halogens is 2. The summed E-state index contributed by atoms with van der Waals surface area (Å²) < 4.78 is 26.9. The molecule has 0 aliphatic carbocycles. The molecule has 0 bridgehead atoms. The highest BCUT2D eigenvalue weighted by molar-refractivity contribution is 5.52. The number of allylic oxidation sites excluding steroid dienone is 2. The van der Waals surface area contributed by atoms with Crippen LogP contribution >= 0.6 is 0 Å². The second kappa shape index (κ2) is 6.45.